The van der Waals surface area contributed by atoms with Gasteiger partial charge in [-0.25, -0.2) is 8.42 Å². The van der Waals surface area contributed by atoms with Gasteiger partial charge in [0.25, 0.3) is 0 Å². The lowest BCUT2D eigenvalue weighted by molar-refractivity contribution is 0.113. The second-order valence-electron chi connectivity index (χ2n) is 15.0. The van der Waals surface area contributed by atoms with Crippen LogP contribution in [0.15, 0.2) is 116 Å². The topological polar surface area (TPSA) is 74.6 Å². The highest BCUT2D eigenvalue weighted by Gasteiger charge is 2.33. The van der Waals surface area contributed by atoms with Gasteiger partial charge in [0.15, 0.2) is 0 Å². The molecule has 0 radical (unpaired) electrons. The minimum absolute atomic E-state index is 0.0491. The van der Waals surface area contributed by atoms with Gasteiger partial charge in [0.2, 0.25) is 9.84 Å². The highest BCUT2D eigenvalue weighted by molar-refractivity contribution is 7.91. The predicted octanol–water partition coefficient (Wildman–Crippen LogP) is 10.2. The average molecular weight is 655 g/mol. The van der Waals surface area contributed by atoms with Crippen molar-refractivity contribution < 1.29 is 18.6 Å². The first-order chi connectivity index (χ1) is 22.0. The van der Waals surface area contributed by atoms with E-state index in [1.165, 1.54) is 22.3 Å². The van der Waals surface area contributed by atoms with Gasteiger partial charge in [0.1, 0.15) is 0 Å². The molecule has 2 aliphatic rings. The van der Waals surface area contributed by atoms with Gasteiger partial charge >= 0.3 is 0 Å². The predicted molar refractivity (Wildman–Crippen MR) is 197 cm³/mol. The fraction of sp³-hybridized carbons (Fsp3) is 0.429. The lowest BCUT2D eigenvalue weighted by Crippen LogP contribution is -2.28. The summed E-state index contributed by atoms with van der Waals surface area (Å²) in [4.78, 5) is 0.560. The number of rotatable bonds is 10. The molecule has 2 atom stereocenters. The summed E-state index contributed by atoms with van der Waals surface area (Å²) in [5.41, 5.74) is 8.59. The molecule has 0 heterocycles. The van der Waals surface area contributed by atoms with Crippen LogP contribution in [0.25, 0.3) is 12.2 Å². The second kappa shape index (κ2) is 14.9. The van der Waals surface area contributed by atoms with E-state index in [0.717, 1.165) is 49.7 Å². The molecule has 0 fully saturated rings. The molecule has 2 aromatic rings. The van der Waals surface area contributed by atoms with Crippen molar-refractivity contribution in [1.29, 1.82) is 0 Å². The lowest BCUT2D eigenvalue weighted by Gasteiger charge is -2.37. The smallest absolute Gasteiger partial charge is 0.207 e. The number of benzene rings is 2. The number of hydrogen-bond donors (Lipinski definition) is 2. The van der Waals surface area contributed by atoms with Crippen LogP contribution >= 0.6 is 0 Å². The number of aliphatic hydroxyl groups is 2. The molecule has 0 unspecified atom stereocenters. The summed E-state index contributed by atoms with van der Waals surface area (Å²) in [6.07, 6.45) is 16.2. The Morgan fingerprint density at radius 2 is 1.06 bits per heavy atom. The molecule has 2 aromatic carbocycles. The van der Waals surface area contributed by atoms with Crippen molar-refractivity contribution in [2.45, 2.75) is 116 Å². The summed E-state index contributed by atoms with van der Waals surface area (Å²) < 4.78 is 28.3. The average Bonchev–Trinajstić information content (AvgIpc) is 2.97. The van der Waals surface area contributed by atoms with Crippen molar-refractivity contribution in [1.82, 2.24) is 0 Å². The van der Waals surface area contributed by atoms with Crippen molar-refractivity contribution >= 4 is 22.0 Å². The third-order valence-corrected chi connectivity index (χ3v) is 11.9. The summed E-state index contributed by atoms with van der Waals surface area (Å²) in [5, 5.41) is 20.5. The zero-order chi connectivity index (χ0) is 34.6. The Labute approximate surface area is 284 Å². The highest BCUT2D eigenvalue weighted by Crippen LogP contribution is 2.43. The van der Waals surface area contributed by atoms with Crippen molar-refractivity contribution in [3.63, 3.8) is 0 Å². The molecular weight excluding hydrogens is 601 g/mol. The van der Waals surface area contributed by atoms with Gasteiger partial charge in [-0.15, -0.1) is 0 Å². The molecule has 0 aliphatic heterocycles. The monoisotopic (exact) mass is 654 g/mol. The van der Waals surface area contributed by atoms with Crippen LogP contribution in [0.4, 0.5) is 0 Å². The Morgan fingerprint density at radius 3 is 1.43 bits per heavy atom. The van der Waals surface area contributed by atoms with Crippen LogP contribution < -0.4 is 0 Å². The molecule has 47 heavy (non-hydrogen) atoms. The van der Waals surface area contributed by atoms with E-state index in [1.807, 2.05) is 62.4 Å². The third-order valence-electron chi connectivity index (χ3n) is 9.96. The van der Waals surface area contributed by atoms with Crippen LogP contribution in [0.3, 0.4) is 0 Å². The molecule has 0 saturated heterocycles. The Kier molecular flexibility index (Phi) is 11.6. The van der Waals surface area contributed by atoms with Gasteiger partial charge in [0.05, 0.1) is 22.0 Å². The molecule has 0 spiro atoms. The molecule has 5 heteroatoms. The number of aliphatic hydroxyl groups excluding tert-OH is 2. The molecular formula is C42H54O4S. The first-order valence-electron chi connectivity index (χ1n) is 16.9. The highest BCUT2D eigenvalue weighted by atomic mass is 32.2. The van der Waals surface area contributed by atoms with Crippen molar-refractivity contribution in [2.75, 3.05) is 0 Å². The van der Waals surface area contributed by atoms with Gasteiger partial charge in [-0.1, -0.05) is 134 Å². The molecule has 252 valence electrons. The molecule has 4 nitrogen and oxygen atoms in total. The molecule has 0 aromatic heterocycles. The minimum Gasteiger partial charge on any atom is -0.393 e. The van der Waals surface area contributed by atoms with Crippen molar-refractivity contribution in [3.8, 4) is 0 Å². The Bertz CT molecular complexity index is 1640. The van der Waals surface area contributed by atoms with Gasteiger partial charge in [-0.3, -0.25) is 0 Å². The van der Waals surface area contributed by atoms with E-state index in [9.17, 15) is 18.6 Å². The van der Waals surface area contributed by atoms with E-state index in [1.54, 1.807) is 24.3 Å². The number of allylic oxidation sites excluding steroid dienone is 8. The Morgan fingerprint density at radius 1 is 0.702 bits per heavy atom. The summed E-state index contributed by atoms with van der Waals surface area (Å²) in [6, 6.07) is 14.3. The van der Waals surface area contributed by atoms with Gasteiger partial charge in [-0.05, 0) is 100 Å². The summed E-state index contributed by atoms with van der Waals surface area (Å²) in [7, 11) is -3.81. The second-order valence-corrected chi connectivity index (χ2v) is 16.8. The molecule has 2 N–H and O–H groups in total. The maximum absolute atomic E-state index is 14.1. The van der Waals surface area contributed by atoms with Crippen LogP contribution in [0, 0.1) is 10.8 Å². The zero-order valence-corrected chi connectivity index (χ0v) is 30.4. The molecule has 0 amide bonds. The molecule has 4 rings (SSSR count). The minimum atomic E-state index is -3.81. The normalized spacial score (nSPS) is 22.5. The lowest BCUT2D eigenvalue weighted by atomic mass is 9.70. The van der Waals surface area contributed by atoms with Crippen LogP contribution in [-0.4, -0.2) is 30.8 Å². The van der Waals surface area contributed by atoms with Gasteiger partial charge in [0, 0.05) is 0 Å². The van der Waals surface area contributed by atoms with Crippen LogP contribution in [0.5, 0.6) is 0 Å². The summed E-state index contributed by atoms with van der Waals surface area (Å²) >= 11 is 0. The fourth-order valence-corrected chi connectivity index (χ4v) is 9.17. The SMILES string of the molecule is CC1=C(C/C=C(C)/C=C/c2ccccc2S(=O)(=O)c2ccccc2/C=C/C(C)=C/CC2=C(C)C[C@@H](O)CC2(C)C)C(C)(C)C[C@H](O)C1. The third kappa shape index (κ3) is 9.01. The number of hydrogen-bond acceptors (Lipinski definition) is 4. The zero-order valence-electron chi connectivity index (χ0n) is 29.6. The van der Waals surface area contributed by atoms with E-state index in [4.69, 9.17) is 0 Å². The van der Waals surface area contributed by atoms with Crippen LogP contribution in [0.2, 0.25) is 0 Å². The molecule has 0 saturated carbocycles. The first-order valence-corrected chi connectivity index (χ1v) is 18.4. The first kappa shape index (κ1) is 36.6. The van der Waals surface area contributed by atoms with E-state index in [2.05, 4.69) is 53.7 Å². The Balaban J connectivity index is 1.56. The molecule has 0 bridgehead atoms. The van der Waals surface area contributed by atoms with Gasteiger partial charge in [-0.2, -0.15) is 0 Å². The fourth-order valence-electron chi connectivity index (χ4n) is 7.53. The summed E-state index contributed by atoms with van der Waals surface area (Å²) in [5.74, 6) is 0. The van der Waals surface area contributed by atoms with Gasteiger partial charge < -0.3 is 10.2 Å². The summed E-state index contributed by atoms with van der Waals surface area (Å²) in [6.45, 7) is 17.1. The maximum atomic E-state index is 14.1. The largest absolute Gasteiger partial charge is 0.393 e. The van der Waals surface area contributed by atoms with Crippen LogP contribution in [-0.2, 0) is 9.84 Å². The molecule has 2 aliphatic carbocycles. The van der Waals surface area contributed by atoms with E-state index >= 15 is 0 Å². The Hall–Kier alpha value is -3.25. The quantitative estimate of drug-likeness (QED) is 0.198. The van der Waals surface area contributed by atoms with Crippen molar-refractivity contribution in [3.05, 3.63) is 117 Å². The standard InChI is InChI=1S/C42H54O4S/c1-29(19-23-37-31(3)25-35(43)27-41(37,5)6)17-21-33-13-9-11-15-39(33)47(45,46)40-16-12-10-14-34(40)22-18-30(2)20-24-38-32(4)26-36(44)28-42(38,7)8/h9-22,35-36,43-44H,23-28H2,1-8H3/b21-17+,22-18+,29-19+,30-20+/t35-,36-/m1/s1. The van der Waals surface area contributed by atoms with Crippen molar-refractivity contribution in [2.24, 2.45) is 10.8 Å². The van der Waals surface area contributed by atoms with E-state index in [-0.39, 0.29) is 32.8 Å². The number of sulfone groups is 1. The maximum Gasteiger partial charge on any atom is 0.207 e. The van der Waals surface area contributed by atoms with E-state index < -0.39 is 9.84 Å². The van der Waals surface area contributed by atoms with Crippen LogP contribution in [0.1, 0.15) is 105 Å². The van der Waals surface area contributed by atoms with E-state index in [0.29, 0.717) is 11.1 Å².